The standard InChI is InChI=1S/C14H19FN2S/c1-2-17(8-10-6-7-10)9-11-4-3-5-12(13(11)15)14(16)18/h3-5,10H,2,6-9H2,1H3,(H2,16,18). The lowest BCUT2D eigenvalue weighted by molar-refractivity contribution is 0.264. The summed E-state index contributed by atoms with van der Waals surface area (Å²) in [5.74, 6) is 0.547. The van der Waals surface area contributed by atoms with Crippen LogP contribution in [0.5, 0.6) is 0 Å². The van der Waals surface area contributed by atoms with Gasteiger partial charge in [0.2, 0.25) is 0 Å². The summed E-state index contributed by atoms with van der Waals surface area (Å²) in [6, 6.07) is 5.27. The van der Waals surface area contributed by atoms with Crippen LogP contribution in [-0.2, 0) is 6.54 Å². The summed E-state index contributed by atoms with van der Waals surface area (Å²) in [7, 11) is 0. The average Bonchev–Trinajstić information content (AvgIpc) is 3.14. The van der Waals surface area contributed by atoms with E-state index in [1.807, 2.05) is 12.1 Å². The van der Waals surface area contributed by atoms with Crippen molar-refractivity contribution in [3.05, 3.63) is 35.1 Å². The second-order valence-electron chi connectivity index (χ2n) is 4.91. The maximum atomic E-state index is 14.2. The normalized spacial score (nSPS) is 15.1. The number of hydrogen-bond acceptors (Lipinski definition) is 2. The number of nitrogens with zero attached hydrogens (tertiary/aromatic N) is 1. The highest BCUT2D eigenvalue weighted by atomic mass is 32.1. The Kier molecular flexibility index (Phi) is 4.30. The molecule has 18 heavy (non-hydrogen) atoms. The van der Waals surface area contributed by atoms with E-state index in [2.05, 4.69) is 11.8 Å². The molecule has 98 valence electrons. The molecule has 0 unspecified atom stereocenters. The zero-order chi connectivity index (χ0) is 13.1. The molecule has 0 bridgehead atoms. The summed E-state index contributed by atoms with van der Waals surface area (Å²) in [5, 5.41) is 0. The van der Waals surface area contributed by atoms with Crippen molar-refractivity contribution in [3.8, 4) is 0 Å². The van der Waals surface area contributed by atoms with Crippen molar-refractivity contribution in [2.45, 2.75) is 26.3 Å². The molecule has 0 heterocycles. The van der Waals surface area contributed by atoms with Crippen LogP contribution in [0.3, 0.4) is 0 Å². The first-order valence-electron chi connectivity index (χ1n) is 6.41. The molecular formula is C14H19FN2S. The second-order valence-corrected chi connectivity index (χ2v) is 5.35. The van der Waals surface area contributed by atoms with Crippen LogP contribution in [0.2, 0.25) is 0 Å². The van der Waals surface area contributed by atoms with Crippen molar-refractivity contribution in [1.82, 2.24) is 4.90 Å². The van der Waals surface area contributed by atoms with E-state index < -0.39 is 0 Å². The van der Waals surface area contributed by atoms with Crippen molar-refractivity contribution in [2.24, 2.45) is 11.7 Å². The quantitative estimate of drug-likeness (QED) is 0.803. The highest BCUT2D eigenvalue weighted by Gasteiger charge is 2.24. The average molecular weight is 266 g/mol. The van der Waals surface area contributed by atoms with Crippen LogP contribution in [0.15, 0.2) is 18.2 Å². The van der Waals surface area contributed by atoms with Crippen LogP contribution in [-0.4, -0.2) is 23.0 Å². The van der Waals surface area contributed by atoms with E-state index >= 15 is 0 Å². The van der Waals surface area contributed by atoms with Gasteiger partial charge in [-0.05, 0) is 31.4 Å². The van der Waals surface area contributed by atoms with Crippen LogP contribution in [0.1, 0.15) is 30.9 Å². The van der Waals surface area contributed by atoms with Crippen LogP contribution in [0.4, 0.5) is 4.39 Å². The van der Waals surface area contributed by atoms with Gasteiger partial charge in [0.25, 0.3) is 0 Å². The molecule has 0 amide bonds. The topological polar surface area (TPSA) is 29.3 Å². The van der Waals surface area contributed by atoms with Crippen molar-refractivity contribution >= 4 is 17.2 Å². The van der Waals surface area contributed by atoms with E-state index in [1.54, 1.807) is 6.07 Å². The van der Waals surface area contributed by atoms with Gasteiger partial charge in [-0.25, -0.2) is 4.39 Å². The minimum Gasteiger partial charge on any atom is -0.389 e. The first-order chi connectivity index (χ1) is 8.61. The molecule has 1 saturated carbocycles. The van der Waals surface area contributed by atoms with Gasteiger partial charge in [-0.1, -0.05) is 31.3 Å². The molecule has 0 aliphatic heterocycles. The van der Waals surface area contributed by atoms with E-state index in [0.29, 0.717) is 17.7 Å². The van der Waals surface area contributed by atoms with Gasteiger partial charge in [0.05, 0.1) is 0 Å². The van der Waals surface area contributed by atoms with Crippen molar-refractivity contribution in [2.75, 3.05) is 13.1 Å². The van der Waals surface area contributed by atoms with Gasteiger partial charge in [0, 0.05) is 24.2 Å². The lowest BCUT2D eigenvalue weighted by Crippen LogP contribution is -2.26. The van der Waals surface area contributed by atoms with Gasteiger partial charge in [0.15, 0.2) is 0 Å². The molecule has 4 heteroatoms. The summed E-state index contributed by atoms with van der Waals surface area (Å²) in [6.07, 6.45) is 2.62. The molecule has 2 nitrogen and oxygen atoms in total. The fourth-order valence-corrected chi connectivity index (χ4v) is 2.26. The lowest BCUT2D eigenvalue weighted by Gasteiger charge is -2.21. The highest BCUT2D eigenvalue weighted by Crippen LogP contribution is 2.30. The maximum Gasteiger partial charge on any atom is 0.137 e. The number of thiocarbonyl (C=S) groups is 1. The van der Waals surface area contributed by atoms with Gasteiger partial charge in [-0.2, -0.15) is 0 Å². The summed E-state index contributed by atoms with van der Waals surface area (Å²) in [6.45, 7) is 4.74. The Morgan fingerprint density at radius 1 is 1.50 bits per heavy atom. The maximum absolute atomic E-state index is 14.2. The fraction of sp³-hybridized carbons (Fsp3) is 0.500. The minimum absolute atomic E-state index is 0.125. The molecule has 1 aromatic carbocycles. The number of nitrogens with two attached hydrogens (primary N) is 1. The lowest BCUT2D eigenvalue weighted by atomic mass is 10.1. The molecule has 2 rings (SSSR count). The second kappa shape index (κ2) is 5.76. The Morgan fingerprint density at radius 3 is 2.78 bits per heavy atom. The number of benzene rings is 1. The number of halogens is 1. The van der Waals surface area contributed by atoms with E-state index in [9.17, 15) is 4.39 Å². The van der Waals surface area contributed by atoms with Crippen LogP contribution < -0.4 is 5.73 Å². The molecule has 0 atom stereocenters. The van der Waals surface area contributed by atoms with Crippen molar-refractivity contribution < 1.29 is 4.39 Å². The molecule has 1 fully saturated rings. The van der Waals surface area contributed by atoms with Crippen molar-refractivity contribution in [1.29, 1.82) is 0 Å². The van der Waals surface area contributed by atoms with E-state index in [-0.39, 0.29) is 10.8 Å². The van der Waals surface area contributed by atoms with Gasteiger partial charge in [-0.15, -0.1) is 0 Å². The summed E-state index contributed by atoms with van der Waals surface area (Å²) in [5.41, 5.74) is 6.55. The Morgan fingerprint density at radius 2 is 2.22 bits per heavy atom. The van der Waals surface area contributed by atoms with Gasteiger partial charge < -0.3 is 5.73 Å². The van der Waals surface area contributed by atoms with E-state index in [0.717, 1.165) is 19.0 Å². The van der Waals surface area contributed by atoms with Crippen LogP contribution in [0.25, 0.3) is 0 Å². The summed E-state index contributed by atoms with van der Waals surface area (Å²) in [4.78, 5) is 2.40. The molecule has 1 aliphatic carbocycles. The fourth-order valence-electron chi connectivity index (χ4n) is 2.10. The highest BCUT2D eigenvalue weighted by molar-refractivity contribution is 7.80. The molecule has 0 aromatic heterocycles. The molecule has 0 radical (unpaired) electrons. The van der Waals surface area contributed by atoms with E-state index in [4.69, 9.17) is 18.0 Å². The third-order valence-electron chi connectivity index (χ3n) is 3.40. The third-order valence-corrected chi connectivity index (χ3v) is 3.62. The number of hydrogen-bond donors (Lipinski definition) is 1. The van der Waals surface area contributed by atoms with E-state index in [1.165, 1.54) is 12.8 Å². The third kappa shape index (κ3) is 3.27. The zero-order valence-corrected chi connectivity index (χ0v) is 11.5. The first kappa shape index (κ1) is 13.4. The first-order valence-corrected chi connectivity index (χ1v) is 6.82. The summed E-state index contributed by atoms with van der Waals surface area (Å²) >= 11 is 4.86. The van der Waals surface area contributed by atoms with Crippen LogP contribution >= 0.6 is 12.2 Å². The van der Waals surface area contributed by atoms with Gasteiger partial charge in [0.1, 0.15) is 10.8 Å². The largest absolute Gasteiger partial charge is 0.389 e. The predicted octanol–water partition coefficient (Wildman–Crippen LogP) is 2.69. The predicted molar refractivity (Wildman–Crippen MR) is 76.0 cm³/mol. The Hall–Kier alpha value is -1.00. The monoisotopic (exact) mass is 266 g/mol. The zero-order valence-electron chi connectivity index (χ0n) is 10.7. The Balaban J connectivity index is 2.11. The molecule has 1 aliphatic rings. The summed E-state index contributed by atoms with van der Waals surface area (Å²) < 4.78 is 14.2. The molecular weight excluding hydrogens is 247 g/mol. The molecule has 0 saturated heterocycles. The molecule has 1 aromatic rings. The minimum atomic E-state index is -0.265. The van der Waals surface area contributed by atoms with Crippen molar-refractivity contribution in [3.63, 3.8) is 0 Å². The smallest absolute Gasteiger partial charge is 0.137 e. The van der Waals surface area contributed by atoms with Gasteiger partial charge in [-0.3, -0.25) is 4.90 Å². The SMILES string of the molecule is CCN(Cc1cccc(C(N)=S)c1F)CC1CC1. The molecule has 0 spiro atoms. The molecule has 2 N–H and O–H groups in total. The van der Waals surface area contributed by atoms with Crippen LogP contribution in [0, 0.1) is 11.7 Å². The Bertz CT molecular complexity index is 443. The Labute approximate surface area is 113 Å². The van der Waals surface area contributed by atoms with Gasteiger partial charge >= 0.3 is 0 Å². The number of rotatable bonds is 6.